The van der Waals surface area contributed by atoms with Gasteiger partial charge in [0.15, 0.2) is 0 Å². The molecule has 2 aliphatic carbocycles. The maximum Gasteiger partial charge on any atom is 0.306 e. The summed E-state index contributed by atoms with van der Waals surface area (Å²) in [5.41, 5.74) is 0. The number of amides is 2. The molecule has 0 aromatic rings. The third-order valence-electron chi connectivity index (χ3n) is 5.67. The summed E-state index contributed by atoms with van der Waals surface area (Å²) in [5, 5.41) is 11.9. The van der Waals surface area contributed by atoms with Crippen molar-refractivity contribution in [3.8, 4) is 0 Å². The molecule has 6 nitrogen and oxygen atoms in total. The highest BCUT2D eigenvalue weighted by Crippen LogP contribution is 2.34. The summed E-state index contributed by atoms with van der Waals surface area (Å²) in [6.07, 6.45) is 6.73. The monoisotopic (exact) mass is 322 g/mol. The van der Waals surface area contributed by atoms with Crippen LogP contribution in [0.1, 0.15) is 51.4 Å². The number of nitrogens with one attached hydrogen (secondary N) is 1. The molecule has 23 heavy (non-hydrogen) atoms. The summed E-state index contributed by atoms with van der Waals surface area (Å²) in [6.45, 7) is 1.65. The van der Waals surface area contributed by atoms with E-state index in [1.807, 2.05) is 4.90 Å². The first-order chi connectivity index (χ1) is 11.1. The van der Waals surface area contributed by atoms with Crippen LogP contribution in [-0.4, -0.2) is 46.9 Å². The summed E-state index contributed by atoms with van der Waals surface area (Å²) >= 11 is 0. The molecule has 1 heterocycles. The molecular formula is C17H26N2O4. The fourth-order valence-electron chi connectivity index (χ4n) is 4.16. The molecular weight excluding hydrogens is 296 g/mol. The highest BCUT2D eigenvalue weighted by atomic mass is 16.4. The van der Waals surface area contributed by atoms with Crippen LogP contribution in [0.15, 0.2) is 0 Å². The maximum atomic E-state index is 12.7. The maximum absolute atomic E-state index is 12.7. The average molecular weight is 322 g/mol. The summed E-state index contributed by atoms with van der Waals surface area (Å²) in [4.78, 5) is 38.0. The van der Waals surface area contributed by atoms with Crippen molar-refractivity contribution in [2.75, 3.05) is 13.1 Å². The van der Waals surface area contributed by atoms with Gasteiger partial charge in [-0.25, -0.2) is 0 Å². The Kier molecular flexibility index (Phi) is 4.87. The number of carbonyl (C=O) groups is 3. The van der Waals surface area contributed by atoms with Gasteiger partial charge in [-0.15, -0.1) is 0 Å². The van der Waals surface area contributed by atoms with E-state index in [1.165, 1.54) is 0 Å². The Morgan fingerprint density at radius 3 is 2.13 bits per heavy atom. The smallest absolute Gasteiger partial charge is 0.306 e. The lowest BCUT2D eigenvalue weighted by Gasteiger charge is -2.37. The van der Waals surface area contributed by atoms with E-state index in [-0.39, 0.29) is 35.6 Å². The predicted octanol–water partition coefficient (Wildman–Crippen LogP) is 1.39. The number of carboxylic acids is 1. The second-order valence-corrected chi connectivity index (χ2v) is 7.24. The zero-order valence-electron chi connectivity index (χ0n) is 13.5. The van der Waals surface area contributed by atoms with Crippen molar-refractivity contribution < 1.29 is 19.5 Å². The standard InChI is InChI=1S/C17H26N2O4/c20-15(18-12-9-11(10-12)17(22)23)13-5-1-2-6-14(13)16(21)19-7-3-4-8-19/h11-14H,1-10H2,(H,18,20)(H,22,23). The van der Waals surface area contributed by atoms with E-state index in [9.17, 15) is 14.4 Å². The summed E-state index contributed by atoms with van der Waals surface area (Å²) < 4.78 is 0. The Labute approximate surface area is 136 Å². The first-order valence-corrected chi connectivity index (χ1v) is 8.88. The summed E-state index contributed by atoms with van der Waals surface area (Å²) in [7, 11) is 0. The lowest BCUT2D eigenvalue weighted by molar-refractivity contribution is -0.147. The number of carboxylic acid groups (broad SMARTS) is 1. The molecule has 0 aromatic heterocycles. The number of aliphatic carboxylic acids is 1. The van der Waals surface area contributed by atoms with Crippen LogP contribution in [0.25, 0.3) is 0 Å². The molecule has 3 fully saturated rings. The molecule has 2 saturated carbocycles. The number of carbonyl (C=O) groups excluding carboxylic acids is 2. The fourth-order valence-corrected chi connectivity index (χ4v) is 4.16. The van der Waals surface area contributed by atoms with Gasteiger partial charge in [0.05, 0.1) is 5.92 Å². The van der Waals surface area contributed by atoms with E-state index in [0.29, 0.717) is 12.8 Å². The van der Waals surface area contributed by atoms with E-state index in [2.05, 4.69) is 5.32 Å². The van der Waals surface area contributed by atoms with Crippen LogP contribution < -0.4 is 5.32 Å². The molecule has 2 unspecified atom stereocenters. The number of rotatable bonds is 4. The molecule has 6 heteroatoms. The van der Waals surface area contributed by atoms with Gasteiger partial charge in [0.1, 0.15) is 0 Å². The van der Waals surface area contributed by atoms with E-state index < -0.39 is 5.97 Å². The molecule has 0 radical (unpaired) electrons. The SMILES string of the molecule is O=C(O)C1CC(NC(=O)C2CCCCC2C(=O)N2CCCC2)C1. The molecule has 1 aliphatic heterocycles. The van der Waals surface area contributed by atoms with E-state index in [0.717, 1.165) is 51.6 Å². The van der Waals surface area contributed by atoms with Crippen LogP contribution in [0, 0.1) is 17.8 Å². The molecule has 3 aliphatic rings. The van der Waals surface area contributed by atoms with Gasteiger partial charge in [-0.05, 0) is 38.5 Å². The van der Waals surface area contributed by atoms with Gasteiger partial charge in [0, 0.05) is 31.0 Å². The van der Waals surface area contributed by atoms with E-state index in [4.69, 9.17) is 5.11 Å². The minimum absolute atomic E-state index is 0.0342. The number of likely N-dealkylation sites (tertiary alicyclic amines) is 1. The van der Waals surface area contributed by atoms with Crippen molar-refractivity contribution in [1.82, 2.24) is 10.2 Å². The quantitative estimate of drug-likeness (QED) is 0.819. The van der Waals surface area contributed by atoms with Crippen LogP contribution in [0.3, 0.4) is 0 Å². The van der Waals surface area contributed by atoms with Gasteiger partial charge in [-0.2, -0.15) is 0 Å². The van der Waals surface area contributed by atoms with Crippen molar-refractivity contribution in [1.29, 1.82) is 0 Å². The first-order valence-electron chi connectivity index (χ1n) is 8.88. The molecule has 2 atom stereocenters. The molecule has 3 rings (SSSR count). The van der Waals surface area contributed by atoms with E-state index >= 15 is 0 Å². The second-order valence-electron chi connectivity index (χ2n) is 7.24. The van der Waals surface area contributed by atoms with Crippen molar-refractivity contribution in [2.45, 2.75) is 57.4 Å². The van der Waals surface area contributed by atoms with Gasteiger partial charge in [-0.3, -0.25) is 14.4 Å². The Bertz CT molecular complexity index is 481. The predicted molar refractivity (Wildman–Crippen MR) is 83.6 cm³/mol. The van der Waals surface area contributed by atoms with Crippen LogP contribution in [0.4, 0.5) is 0 Å². The molecule has 0 aromatic carbocycles. The Hall–Kier alpha value is -1.59. The molecule has 2 N–H and O–H groups in total. The first kappa shape index (κ1) is 16.3. The molecule has 128 valence electrons. The van der Waals surface area contributed by atoms with Crippen molar-refractivity contribution >= 4 is 17.8 Å². The molecule has 2 amide bonds. The van der Waals surface area contributed by atoms with Gasteiger partial charge in [-0.1, -0.05) is 12.8 Å². The minimum atomic E-state index is -0.782. The van der Waals surface area contributed by atoms with Crippen molar-refractivity contribution in [2.24, 2.45) is 17.8 Å². The zero-order valence-corrected chi connectivity index (χ0v) is 13.5. The number of hydrogen-bond donors (Lipinski definition) is 2. The highest BCUT2D eigenvalue weighted by molar-refractivity contribution is 5.88. The number of nitrogens with zero attached hydrogens (tertiary/aromatic N) is 1. The lowest BCUT2D eigenvalue weighted by atomic mass is 9.76. The summed E-state index contributed by atoms with van der Waals surface area (Å²) in [5.74, 6) is -1.42. The molecule has 1 saturated heterocycles. The third kappa shape index (κ3) is 3.51. The van der Waals surface area contributed by atoms with Gasteiger partial charge >= 0.3 is 5.97 Å². The van der Waals surface area contributed by atoms with Crippen molar-refractivity contribution in [3.05, 3.63) is 0 Å². The van der Waals surface area contributed by atoms with Gasteiger partial charge in [0.25, 0.3) is 0 Å². The van der Waals surface area contributed by atoms with Crippen molar-refractivity contribution in [3.63, 3.8) is 0 Å². The Balaban J connectivity index is 1.56. The third-order valence-corrected chi connectivity index (χ3v) is 5.67. The largest absolute Gasteiger partial charge is 0.481 e. The zero-order chi connectivity index (χ0) is 16.4. The van der Waals surface area contributed by atoms with Crippen LogP contribution in [-0.2, 0) is 14.4 Å². The normalized spacial score (nSPS) is 33.8. The minimum Gasteiger partial charge on any atom is -0.481 e. The average Bonchev–Trinajstić information content (AvgIpc) is 3.03. The van der Waals surface area contributed by atoms with Crippen LogP contribution in [0.2, 0.25) is 0 Å². The Morgan fingerprint density at radius 1 is 0.913 bits per heavy atom. The lowest BCUT2D eigenvalue weighted by Crippen LogP contribution is -2.51. The number of hydrogen-bond acceptors (Lipinski definition) is 3. The second kappa shape index (κ2) is 6.89. The topological polar surface area (TPSA) is 86.7 Å². The van der Waals surface area contributed by atoms with Crippen LogP contribution >= 0.6 is 0 Å². The fraction of sp³-hybridized carbons (Fsp3) is 0.824. The molecule has 0 bridgehead atoms. The molecule has 0 spiro atoms. The van der Waals surface area contributed by atoms with Gasteiger partial charge < -0.3 is 15.3 Å². The van der Waals surface area contributed by atoms with Gasteiger partial charge in [0.2, 0.25) is 11.8 Å². The summed E-state index contributed by atoms with van der Waals surface area (Å²) in [6, 6.07) is -0.0342. The van der Waals surface area contributed by atoms with Crippen LogP contribution in [0.5, 0.6) is 0 Å². The van der Waals surface area contributed by atoms with E-state index in [1.54, 1.807) is 0 Å². The Morgan fingerprint density at radius 2 is 1.52 bits per heavy atom. The highest BCUT2D eigenvalue weighted by Gasteiger charge is 2.41.